The number of carbonyl (C=O) groups is 1. The Morgan fingerprint density at radius 2 is 1.81 bits per heavy atom. The van der Waals surface area contributed by atoms with Gasteiger partial charge in [0.25, 0.3) is 5.91 Å². The van der Waals surface area contributed by atoms with Crippen LogP contribution in [0.15, 0.2) is 59.9 Å². The highest BCUT2D eigenvalue weighted by Gasteiger charge is 2.17. The van der Waals surface area contributed by atoms with Crippen molar-refractivity contribution in [3.63, 3.8) is 0 Å². The van der Waals surface area contributed by atoms with Gasteiger partial charge < -0.3 is 5.32 Å². The summed E-state index contributed by atoms with van der Waals surface area (Å²) < 4.78 is 12.9. The molecule has 21 heavy (non-hydrogen) atoms. The zero-order valence-corrected chi connectivity index (χ0v) is 11.1. The standard InChI is InChI=1S/C16H12FN3O/c17-13-3-1-12(2-4-13)16(21)20-15-14(7-10-19-15)11-5-8-18-9-6-11/h1-9H,10H2,(H,19,20,21). The second-order valence-corrected chi connectivity index (χ2v) is 4.50. The van der Waals surface area contributed by atoms with E-state index in [-0.39, 0.29) is 11.7 Å². The van der Waals surface area contributed by atoms with Crippen molar-refractivity contribution in [2.45, 2.75) is 0 Å². The molecule has 0 saturated carbocycles. The Morgan fingerprint density at radius 1 is 1.10 bits per heavy atom. The van der Waals surface area contributed by atoms with E-state index in [0.29, 0.717) is 17.9 Å². The number of aliphatic imine (C=N–C) groups is 1. The summed E-state index contributed by atoms with van der Waals surface area (Å²) in [4.78, 5) is 20.4. The number of halogens is 1. The fourth-order valence-electron chi connectivity index (χ4n) is 2.08. The number of nitrogens with one attached hydrogen (secondary N) is 1. The van der Waals surface area contributed by atoms with Crippen LogP contribution in [-0.2, 0) is 0 Å². The average Bonchev–Trinajstić information content (AvgIpc) is 2.97. The average molecular weight is 281 g/mol. The van der Waals surface area contributed by atoms with E-state index in [1.807, 2.05) is 18.2 Å². The van der Waals surface area contributed by atoms with Crippen molar-refractivity contribution >= 4 is 17.3 Å². The minimum Gasteiger partial charge on any atom is -0.306 e. The molecule has 3 rings (SSSR count). The van der Waals surface area contributed by atoms with Crippen LogP contribution in [0.1, 0.15) is 15.9 Å². The number of pyridine rings is 1. The Hall–Kier alpha value is -2.82. The van der Waals surface area contributed by atoms with Crippen molar-refractivity contribution in [1.29, 1.82) is 0 Å². The van der Waals surface area contributed by atoms with Gasteiger partial charge in [-0.25, -0.2) is 4.39 Å². The molecule has 1 aliphatic rings. The fraction of sp³-hybridized carbons (Fsp3) is 0.0625. The van der Waals surface area contributed by atoms with Crippen LogP contribution in [0, 0.1) is 5.82 Å². The maximum absolute atomic E-state index is 12.9. The molecule has 0 aliphatic carbocycles. The van der Waals surface area contributed by atoms with E-state index in [1.165, 1.54) is 24.3 Å². The monoisotopic (exact) mass is 281 g/mol. The number of carbonyl (C=O) groups excluding carboxylic acids is 1. The van der Waals surface area contributed by atoms with Crippen molar-refractivity contribution in [2.24, 2.45) is 4.99 Å². The lowest BCUT2D eigenvalue weighted by Crippen LogP contribution is -2.30. The molecule has 0 spiro atoms. The molecule has 1 N–H and O–H groups in total. The van der Waals surface area contributed by atoms with E-state index in [1.54, 1.807) is 12.4 Å². The molecule has 1 amide bonds. The summed E-state index contributed by atoms with van der Waals surface area (Å²) in [5, 5.41) is 2.76. The van der Waals surface area contributed by atoms with Gasteiger partial charge in [-0.05, 0) is 42.0 Å². The van der Waals surface area contributed by atoms with Crippen molar-refractivity contribution in [1.82, 2.24) is 10.3 Å². The topological polar surface area (TPSA) is 54.4 Å². The van der Waals surface area contributed by atoms with Crippen molar-refractivity contribution in [3.8, 4) is 0 Å². The second kappa shape index (κ2) is 5.66. The van der Waals surface area contributed by atoms with Gasteiger partial charge in [0, 0.05) is 23.5 Å². The Kier molecular flexibility index (Phi) is 3.55. The molecule has 0 unspecified atom stereocenters. The maximum Gasteiger partial charge on any atom is 0.256 e. The number of benzene rings is 1. The highest BCUT2D eigenvalue weighted by Crippen LogP contribution is 2.18. The Morgan fingerprint density at radius 3 is 2.52 bits per heavy atom. The summed E-state index contributed by atoms with van der Waals surface area (Å²) in [7, 11) is 0. The van der Waals surface area contributed by atoms with Gasteiger partial charge in [-0.1, -0.05) is 6.08 Å². The summed E-state index contributed by atoms with van der Waals surface area (Å²) >= 11 is 0. The summed E-state index contributed by atoms with van der Waals surface area (Å²) in [5.41, 5.74) is 2.20. The van der Waals surface area contributed by atoms with Crippen LogP contribution >= 0.6 is 0 Å². The largest absolute Gasteiger partial charge is 0.306 e. The number of rotatable bonds is 2. The number of amidine groups is 1. The van der Waals surface area contributed by atoms with Gasteiger partial charge in [0.1, 0.15) is 11.7 Å². The molecule has 104 valence electrons. The highest BCUT2D eigenvalue weighted by atomic mass is 19.1. The van der Waals surface area contributed by atoms with Crippen LogP contribution in [0.2, 0.25) is 0 Å². The predicted octanol–water partition coefficient (Wildman–Crippen LogP) is 2.45. The van der Waals surface area contributed by atoms with Gasteiger partial charge in [0.2, 0.25) is 0 Å². The Balaban J connectivity index is 1.77. The molecule has 5 heteroatoms. The summed E-state index contributed by atoms with van der Waals surface area (Å²) in [6.45, 7) is 0.524. The first-order valence-electron chi connectivity index (χ1n) is 6.46. The van der Waals surface area contributed by atoms with E-state index < -0.39 is 0 Å². The molecule has 1 aromatic heterocycles. The highest BCUT2D eigenvalue weighted by molar-refractivity contribution is 6.29. The maximum atomic E-state index is 12.9. The smallest absolute Gasteiger partial charge is 0.256 e. The van der Waals surface area contributed by atoms with Crippen molar-refractivity contribution < 1.29 is 9.18 Å². The summed E-state index contributed by atoms with van der Waals surface area (Å²) in [5.74, 6) is -0.159. The first-order valence-corrected chi connectivity index (χ1v) is 6.46. The summed E-state index contributed by atoms with van der Waals surface area (Å²) in [6, 6.07) is 9.11. The van der Waals surface area contributed by atoms with Gasteiger partial charge in [-0.3, -0.25) is 14.8 Å². The van der Waals surface area contributed by atoms with Crippen LogP contribution in [0.25, 0.3) is 5.57 Å². The van der Waals surface area contributed by atoms with Crippen LogP contribution in [0.4, 0.5) is 4.39 Å². The quantitative estimate of drug-likeness (QED) is 0.919. The zero-order chi connectivity index (χ0) is 14.7. The van der Waals surface area contributed by atoms with Crippen LogP contribution < -0.4 is 5.32 Å². The fourth-order valence-corrected chi connectivity index (χ4v) is 2.08. The van der Waals surface area contributed by atoms with Crippen LogP contribution in [0.3, 0.4) is 0 Å². The first-order chi connectivity index (χ1) is 10.2. The van der Waals surface area contributed by atoms with Gasteiger partial charge in [0.15, 0.2) is 0 Å². The number of hydrogen-bond acceptors (Lipinski definition) is 3. The minimum absolute atomic E-state index is 0.310. The van der Waals surface area contributed by atoms with Gasteiger partial charge in [0.05, 0.1) is 6.54 Å². The third kappa shape index (κ3) is 2.86. The molecule has 1 aliphatic heterocycles. The first kappa shape index (κ1) is 13.2. The van der Waals surface area contributed by atoms with Crippen LogP contribution in [-0.4, -0.2) is 23.3 Å². The lowest BCUT2D eigenvalue weighted by Gasteiger charge is -2.09. The molecular formula is C16H12FN3O. The van der Waals surface area contributed by atoms with Gasteiger partial charge >= 0.3 is 0 Å². The van der Waals surface area contributed by atoms with Crippen molar-refractivity contribution in [2.75, 3.05) is 6.54 Å². The van der Waals surface area contributed by atoms with Crippen molar-refractivity contribution in [3.05, 3.63) is 71.8 Å². The number of amides is 1. The third-order valence-corrected chi connectivity index (χ3v) is 3.13. The Labute approximate surface area is 121 Å². The molecule has 2 aromatic rings. The normalized spacial score (nSPS) is 13.6. The lowest BCUT2D eigenvalue weighted by molar-refractivity contribution is 0.0977. The molecule has 2 heterocycles. The van der Waals surface area contributed by atoms with E-state index >= 15 is 0 Å². The molecule has 1 aromatic carbocycles. The van der Waals surface area contributed by atoms with E-state index in [9.17, 15) is 9.18 Å². The molecule has 0 bridgehead atoms. The van der Waals surface area contributed by atoms with Crippen LogP contribution in [0.5, 0.6) is 0 Å². The second-order valence-electron chi connectivity index (χ2n) is 4.50. The van der Waals surface area contributed by atoms with Gasteiger partial charge in [-0.2, -0.15) is 0 Å². The molecule has 4 nitrogen and oxygen atoms in total. The minimum atomic E-state index is -0.373. The zero-order valence-electron chi connectivity index (χ0n) is 11.1. The van der Waals surface area contributed by atoms with E-state index in [2.05, 4.69) is 15.3 Å². The van der Waals surface area contributed by atoms with E-state index in [0.717, 1.165) is 11.1 Å². The Bertz CT molecular complexity index is 721. The summed E-state index contributed by atoms with van der Waals surface area (Å²) in [6.07, 6.45) is 5.32. The number of hydrogen-bond donors (Lipinski definition) is 1. The third-order valence-electron chi connectivity index (χ3n) is 3.13. The molecule has 0 fully saturated rings. The molecule has 0 saturated heterocycles. The SMILES string of the molecule is O=C(NC1=NCC=C1c1ccncc1)c1ccc(F)cc1. The number of nitrogens with zero attached hydrogens (tertiary/aromatic N) is 2. The predicted molar refractivity (Wildman–Crippen MR) is 78.4 cm³/mol. The number of aromatic nitrogens is 1. The molecular weight excluding hydrogens is 269 g/mol. The molecule has 0 atom stereocenters. The van der Waals surface area contributed by atoms with Gasteiger partial charge in [-0.15, -0.1) is 0 Å². The lowest BCUT2D eigenvalue weighted by atomic mass is 10.1. The van der Waals surface area contributed by atoms with E-state index in [4.69, 9.17) is 0 Å². The molecule has 0 radical (unpaired) electrons.